The lowest BCUT2D eigenvalue weighted by Crippen LogP contribution is -2.26. The zero-order valence-electron chi connectivity index (χ0n) is 7.45. The first kappa shape index (κ1) is 9.71. The first-order valence-electron chi connectivity index (χ1n) is 4.15. The molecule has 0 aliphatic carbocycles. The Kier molecular flexibility index (Phi) is 3.72. The molecule has 0 bridgehead atoms. The molecular formula is C9H15NOS. The molecule has 0 aliphatic heterocycles. The first-order chi connectivity index (χ1) is 5.70. The lowest BCUT2D eigenvalue weighted by atomic mass is 10.2. The molecule has 2 N–H and O–H groups in total. The number of nitrogens with one attached hydrogen (secondary N) is 1. The van der Waals surface area contributed by atoms with E-state index in [-0.39, 0.29) is 6.10 Å². The van der Waals surface area contributed by atoms with Crippen molar-refractivity contribution in [3.63, 3.8) is 0 Å². The second kappa shape index (κ2) is 4.60. The molecule has 12 heavy (non-hydrogen) atoms. The van der Waals surface area contributed by atoms with Crippen LogP contribution in [0.1, 0.15) is 24.8 Å². The third-order valence-corrected chi connectivity index (χ3v) is 2.74. The van der Waals surface area contributed by atoms with Gasteiger partial charge in [0.15, 0.2) is 0 Å². The van der Waals surface area contributed by atoms with E-state index in [0.717, 1.165) is 0 Å². The van der Waals surface area contributed by atoms with Crippen molar-refractivity contribution in [3.05, 3.63) is 22.4 Å². The number of hydrogen-bond acceptors (Lipinski definition) is 3. The molecule has 0 saturated heterocycles. The first-order valence-corrected chi connectivity index (χ1v) is 5.03. The molecule has 0 aliphatic rings. The van der Waals surface area contributed by atoms with Crippen molar-refractivity contribution in [1.29, 1.82) is 0 Å². The predicted octanol–water partition coefficient (Wildman–Crippen LogP) is 1.78. The van der Waals surface area contributed by atoms with Gasteiger partial charge in [-0.1, -0.05) is 6.07 Å². The van der Waals surface area contributed by atoms with Gasteiger partial charge in [0.05, 0.1) is 6.10 Å². The normalized spacial score (nSPS) is 15.9. The van der Waals surface area contributed by atoms with Crippen molar-refractivity contribution in [2.75, 3.05) is 6.54 Å². The summed E-state index contributed by atoms with van der Waals surface area (Å²) in [6.45, 7) is 4.54. The van der Waals surface area contributed by atoms with Crippen LogP contribution in [0.2, 0.25) is 0 Å². The van der Waals surface area contributed by atoms with E-state index in [1.165, 1.54) is 4.88 Å². The van der Waals surface area contributed by atoms with Crippen molar-refractivity contribution >= 4 is 11.3 Å². The smallest absolute Gasteiger partial charge is 0.0636 e. The average Bonchev–Trinajstić information content (AvgIpc) is 2.51. The standard InChI is InChI=1S/C9H15NOS/c1-7(11)6-10-8(2)9-4-3-5-12-9/h3-5,7-8,10-11H,6H2,1-2H3/t7-,8-/m0/s1. The SMILES string of the molecule is C[C@H](O)CN[C@@H](C)c1cccs1. The van der Waals surface area contributed by atoms with Crippen LogP contribution < -0.4 is 5.32 Å². The highest BCUT2D eigenvalue weighted by atomic mass is 32.1. The van der Waals surface area contributed by atoms with E-state index >= 15 is 0 Å². The fourth-order valence-corrected chi connectivity index (χ4v) is 1.74. The van der Waals surface area contributed by atoms with E-state index in [9.17, 15) is 0 Å². The van der Waals surface area contributed by atoms with Crippen LogP contribution in [-0.2, 0) is 0 Å². The maximum atomic E-state index is 9.04. The van der Waals surface area contributed by atoms with Crippen molar-refractivity contribution in [3.8, 4) is 0 Å². The molecule has 1 aromatic rings. The average molecular weight is 185 g/mol. The predicted molar refractivity (Wildman–Crippen MR) is 52.4 cm³/mol. The van der Waals surface area contributed by atoms with Gasteiger partial charge in [-0.15, -0.1) is 11.3 Å². The van der Waals surface area contributed by atoms with E-state index in [1.807, 2.05) is 6.07 Å². The zero-order valence-corrected chi connectivity index (χ0v) is 8.27. The Morgan fingerprint density at radius 3 is 2.83 bits per heavy atom. The Hall–Kier alpha value is -0.380. The summed E-state index contributed by atoms with van der Waals surface area (Å²) in [5, 5.41) is 14.3. The Bertz CT molecular complexity index is 208. The van der Waals surface area contributed by atoms with Gasteiger partial charge < -0.3 is 10.4 Å². The minimum Gasteiger partial charge on any atom is -0.392 e. The Labute approximate surface area is 77.2 Å². The van der Waals surface area contributed by atoms with Crippen LogP contribution in [0.25, 0.3) is 0 Å². The van der Waals surface area contributed by atoms with Crippen LogP contribution in [0.5, 0.6) is 0 Å². The van der Waals surface area contributed by atoms with Crippen LogP contribution in [0.15, 0.2) is 17.5 Å². The minimum atomic E-state index is -0.271. The fourth-order valence-electron chi connectivity index (χ4n) is 0.986. The number of thiophene rings is 1. The van der Waals surface area contributed by atoms with Gasteiger partial charge >= 0.3 is 0 Å². The molecule has 0 unspecified atom stereocenters. The largest absolute Gasteiger partial charge is 0.392 e. The van der Waals surface area contributed by atoms with Gasteiger partial charge in [0, 0.05) is 17.5 Å². The summed E-state index contributed by atoms with van der Waals surface area (Å²) < 4.78 is 0. The molecule has 1 aromatic heterocycles. The van der Waals surface area contributed by atoms with E-state index < -0.39 is 0 Å². The van der Waals surface area contributed by atoms with E-state index in [0.29, 0.717) is 12.6 Å². The van der Waals surface area contributed by atoms with Gasteiger partial charge in [-0.05, 0) is 25.3 Å². The highest BCUT2D eigenvalue weighted by Crippen LogP contribution is 2.17. The molecule has 0 fully saturated rings. The highest BCUT2D eigenvalue weighted by molar-refractivity contribution is 7.10. The van der Waals surface area contributed by atoms with Gasteiger partial charge in [0.1, 0.15) is 0 Å². The summed E-state index contributed by atoms with van der Waals surface area (Å²) >= 11 is 1.74. The van der Waals surface area contributed by atoms with E-state index in [2.05, 4.69) is 23.7 Å². The summed E-state index contributed by atoms with van der Waals surface area (Å²) in [6, 6.07) is 4.49. The summed E-state index contributed by atoms with van der Waals surface area (Å²) in [5.74, 6) is 0. The Morgan fingerprint density at radius 1 is 1.58 bits per heavy atom. The molecule has 0 spiro atoms. The second-order valence-corrected chi connectivity index (χ2v) is 3.97. The fraction of sp³-hybridized carbons (Fsp3) is 0.556. The van der Waals surface area contributed by atoms with Crippen LogP contribution >= 0.6 is 11.3 Å². The lowest BCUT2D eigenvalue weighted by molar-refractivity contribution is 0.187. The molecule has 0 saturated carbocycles. The van der Waals surface area contributed by atoms with E-state index in [1.54, 1.807) is 18.3 Å². The quantitative estimate of drug-likeness (QED) is 0.749. The molecule has 3 heteroatoms. The summed E-state index contributed by atoms with van der Waals surface area (Å²) in [7, 11) is 0. The molecule has 68 valence electrons. The van der Waals surface area contributed by atoms with Crippen molar-refractivity contribution in [2.24, 2.45) is 0 Å². The Morgan fingerprint density at radius 2 is 2.33 bits per heavy atom. The van der Waals surface area contributed by atoms with Crippen LogP contribution in [0.3, 0.4) is 0 Å². The van der Waals surface area contributed by atoms with Crippen molar-refractivity contribution in [1.82, 2.24) is 5.32 Å². The monoisotopic (exact) mass is 185 g/mol. The van der Waals surface area contributed by atoms with Gasteiger partial charge in [-0.3, -0.25) is 0 Å². The molecule has 2 nitrogen and oxygen atoms in total. The Balaban J connectivity index is 2.34. The third-order valence-electron chi connectivity index (χ3n) is 1.69. The minimum absolute atomic E-state index is 0.271. The highest BCUT2D eigenvalue weighted by Gasteiger charge is 2.05. The maximum absolute atomic E-state index is 9.04. The van der Waals surface area contributed by atoms with Crippen molar-refractivity contribution < 1.29 is 5.11 Å². The van der Waals surface area contributed by atoms with Crippen LogP contribution in [-0.4, -0.2) is 17.8 Å². The zero-order chi connectivity index (χ0) is 8.97. The number of aliphatic hydroxyl groups is 1. The van der Waals surface area contributed by atoms with Crippen molar-refractivity contribution in [2.45, 2.75) is 26.0 Å². The molecule has 0 aromatic carbocycles. The van der Waals surface area contributed by atoms with Crippen LogP contribution in [0.4, 0.5) is 0 Å². The molecule has 0 radical (unpaired) electrons. The maximum Gasteiger partial charge on any atom is 0.0636 e. The number of hydrogen-bond donors (Lipinski definition) is 2. The number of rotatable bonds is 4. The third kappa shape index (κ3) is 2.93. The van der Waals surface area contributed by atoms with E-state index in [4.69, 9.17) is 5.11 Å². The van der Waals surface area contributed by atoms with Gasteiger partial charge in [-0.2, -0.15) is 0 Å². The van der Waals surface area contributed by atoms with Crippen LogP contribution in [0, 0.1) is 0 Å². The molecular weight excluding hydrogens is 170 g/mol. The van der Waals surface area contributed by atoms with Gasteiger partial charge in [0.2, 0.25) is 0 Å². The second-order valence-electron chi connectivity index (χ2n) is 2.99. The molecule has 0 amide bonds. The van der Waals surface area contributed by atoms with Gasteiger partial charge in [0.25, 0.3) is 0 Å². The molecule has 2 atom stereocenters. The summed E-state index contributed by atoms with van der Waals surface area (Å²) in [6.07, 6.45) is -0.271. The topological polar surface area (TPSA) is 32.3 Å². The summed E-state index contributed by atoms with van der Waals surface area (Å²) in [4.78, 5) is 1.32. The molecule has 1 rings (SSSR count). The molecule has 1 heterocycles. The summed E-state index contributed by atoms with van der Waals surface area (Å²) in [5.41, 5.74) is 0. The number of aliphatic hydroxyl groups excluding tert-OH is 1. The lowest BCUT2D eigenvalue weighted by Gasteiger charge is -2.12. The van der Waals surface area contributed by atoms with Gasteiger partial charge in [-0.25, -0.2) is 0 Å².